The summed E-state index contributed by atoms with van der Waals surface area (Å²) in [5.41, 5.74) is 0. The Morgan fingerprint density at radius 1 is 1.58 bits per heavy atom. The molecule has 0 saturated heterocycles. The number of carbonyl (C=O) groups excluding carboxylic acids is 1. The minimum absolute atomic E-state index is 0.420. The van der Waals surface area contributed by atoms with E-state index in [4.69, 9.17) is 4.74 Å². The van der Waals surface area contributed by atoms with Gasteiger partial charge in [-0.2, -0.15) is 0 Å². The van der Waals surface area contributed by atoms with Crippen molar-refractivity contribution >= 4 is 21.9 Å². The maximum Gasteiger partial charge on any atom is 0.128 e. The molecule has 0 bridgehead atoms. The van der Waals surface area contributed by atoms with E-state index in [9.17, 15) is 9.90 Å². The third-order valence-corrected chi connectivity index (χ3v) is 1.65. The standard InChI is InChI=1S/C8H7BrO3/c9-6-2-1-3-7(4-6)12-5-8(10)11/h1-4H,5H2,(H,10,11)/p-1. The number of carboxylic acids is 1. The van der Waals surface area contributed by atoms with Crippen molar-refractivity contribution in [1.82, 2.24) is 0 Å². The lowest BCUT2D eigenvalue weighted by molar-refractivity contribution is -0.307. The lowest BCUT2D eigenvalue weighted by atomic mass is 10.3. The predicted octanol–water partition coefficient (Wildman–Crippen LogP) is 0.578. The lowest BCUT2D eigenvalue weighted by Gasteiger charge is -2.05. The van der Waals surface area contributed by atoms with Crippen LogP contribution in [0, 0.1) is 0 Å². The molecule has 0 aliphatic rings. The molecule has 0 saturated carbocycles. The van der Waals surface area contributed by atoms with Crippen molar-refractivity contribution in [3.8, 4) is 5.75 Å². The summed E-state index contributed by atoms with van der Waals surface area (Å²) in [7, 11) is 0. The Morgan fingerprint density at radius 3 is 2.92 bits per heavy atom. The van der Waals surface area contributed by atoms with Gasteiger partial charge in [-0.25, -0.2) is 0 Å². The molecule has 12 heavy (non-hydrogen) atoms. The monoisotopic (exact) mass is 229 g/mol. The average molecular weight is 230 g/mol. The van der Waals surface area contributed by atoms with Crippen LogP contribution in [0.4, 0.5) is 0 Å². The smallest absolute Gasteiger partial charge is 0.128 e. The molecule has 0 N–H and O–H groups in total. The molecule has 0 unspecified atom stereocenters. The van der Waals surface area contributed by atoms with E-state index in [1.807, 2.05) is 6.07 Å². The highest BCUT2D eigenvalue weighted by Gasteiger charge is 1.93. The van der Waals surface area contributed by atoms with Crippen molar-refractivity contribution < 1.29 is 14.6 Å². The molecule has 64 valence electrons. The fourth-order valence-electron chi connectivity index (χ4n) is 0.699. The second kappa shape index (κ2) is 4.11. The van der Waals surface area contributed by atoms with Gasteiger partial charge in [0.15, 0.2) is 0 Å². The molecule has 0 aliphatic carbocycles. The molecule has 3 nitrogen and oxygen atoms in total. The summed E-state index contributed by atoms with van der Waals surface area (Å²) >= 11 is 3.23. The van der Waals surface area contributed by atoms with Gasteiger partial charge < -0.3 is 14.6 Å². The van der Waals surface area contributed by atoms with Gasteiger partial charge in [-0.15, -0.1) is 0 Å². The van der Waals surface area contributed by atoms with Gasteiger partial charge in [0.1, 0.15) is 12.4 Å². The normalized spacial score (nSPS) is 9.42. The quantitative estimate of drug-likeness (QED) is 0.762. The van der Waals surface area contributed by atoms with Crippen molar-refractivity contribution in [2.45, 2.75) is 0 Å². The second-order valence-electron chi connectivity index (χ2n) is 2.12. The molecule has 0 atom stereocenters. The number of aliphatic carboxylic acids is 1. The van der Waals surface area contributed by atoms with Gasteiger partial charge in [0, 0.05) is 4.47 Å². The van der Waals surface area contributed by atoms with Gasteiger partial charge in [-0.1, -0.05) is 22.0 Å². The van der Waals surface area contributed by atoms with Gasteiger partial charge in [-0.05, 0) is 18.2 Å². The van der Waals surface area contributed by atoms with Crippen molar-refractivity contribution in [3.05, 3.63) is 28.7 Å². The van der Waals surface area contributed by atoms with Crippen LogP contribution in [-0.4, -0.2) is 12.6 Å². The number of halogens is 1. The first-order chi connectivity index (χ1) is 5.68. The van der Waals surface area contributed by atoms with Crippen LogP contribution in [0.5, 0.6) is 5.75 Å². The molecular weight excluding hydrogens is 224 g/mol. The number of rotatable bonds is 3. The van der Waals surface area contributed by atoms with Crippen molar-refractivity contribution in [2.24, 2.45) is 0 Å². The molecule has 1 rings (SSSR count). The Morgan fingerprint density at radius 2 is 2.33 bits per heavy atom. The summed E-state index contributed by atoms with van der Waals surface area (Å²) in [6.45, 7) is -0.420. The van der Waals surface area contributed by atoms with E-state index in [-0.39, 0.29) is 0 Å². The van der Waals surface area contributed by atoms with Crippen molar-refractivity contribution in [3.63, 3.8) is 0 Å². The molecule has 0 aromatic heterocycles. The maximum absolute atomic E-state index is 10.0. The van der Waals surface area contributed by atoms with Crippen LogP contribution in [0.3, 0.4) is 0 Å². The Balaban J connectivity index is 2.57. The fourth-order valence-corrected chi connectivity index (χ4v) is 1.08. The number of carboxylic acid groups (broad SMARTS) is 1. The van der Waals surface area contributed by atoms with Crippen LogP contribution in [0.15, 0.2) is 28.7 Å². The van der Waals surface area contributed by atoms with E-state index >= 15 is 0 Å². The van der Waals surface area contributed by atoms with Crippen molar-refractivity contribution in [2.75, 3.05) is 6.61 Å². The lowest BCUT2D eigenvalue weighted by Crippen LogP contribution is -2.28. The SMILES string of the molecule is O=C([O-])COc1cccc(Br)c1. The summed E-state index contributed by atoms with van der Waals surface area (Å²) in [6, 6.07) is 6.94. The zero-order chi connectivity index (χ0) is 8.97. The van der Waals surface area contributed by atoms with E-state index in [1.165, 1.54) is 0 Å². The molecule has 0 fully saturated rings. The second-order valence-corrected chi connectivity index (χ2v) is 3.03. The van der Waals surface area contributed by atoms with E-state index in [1.54, 1.807) is 18.2 Å². The molecule has 0 heterocycles. The molecule has 1 aromatic rings. The van der Waals surface area contributed by atoms with Gasteiger partial charge in [0.25, 0.3) is 0 Å². The molecule has 0 aliphatic heterocycles. The topological polar surface area (TPSA) is 49.4 Å². The van der Waals surface area contributed by atoms with Crippen LogP contribution in [0.2, 0.25) is 0 Å². The zero-order valence-electron chi connectivity index (χ0n) is 6.12. The Kier molecular flexibility index (Phi) is 3.10. The van der Waals surface area contributed by atoms with Crippen LogP contribution >= 0.6 is 15.9 Å². The Labute approximate surface area is 78.1 Å². The summed E-state index contributed by atoms with van der Waals surface area (Å²) in [5.74, 6) is -0.719. The highest BCUT2D eigenvalue weighted by molar-refractivity contribution is 9.10. The Hall–Kier alpha value is -1.03. The number of carbonyl (C=O) groups is 1. The van der Waals surface area contributed by atoms with E-state index in [0.717, 1.165) is 4.47 Å². The van der Waals surface area contributed by atoms with Gasteiger partial charge in [-0.3, -0.25) is 0 Å². The molecule has 4 heteroatoms. The van der Waals surface area contributed by atoms with Crippen LogP contribution in [-0.2, 0) is 4.79 Å². The predicted molar refractivity (Wildman–Crippen MR) is 44.6 cm³/mol. The minimum Gasteiger partial charge on any atom is -0.546 e. The third-order valence-electron chi connectivity index (χ3n) is 1.15. The summed E-state index contributed by atoms with van der Waals surface area (Å²) in [4.78, 5) is 10.0. The molecular formula is C8H6BrO3-. The molecule has 0 spiro atoms. The zero-order valence-corrected chi connectivity index (χ0v) is 7.71. The van der Waals surface area contributed by atoms with Crippen molar-refractivity contribution in [1.29, 1.82) is 0 Å². The average Bonchev–Trinajstić information content (AvgIpc) is 2.01. The largest absolute Gasteiger partial charge is 0.546 e. The van der Waals surface area contributed by atoms with E-state index in [2.05, 4.69) is 15.9 Å². The number of hydrogen-bond acceptors (Lipinski definition) is 3. The Bertz CT molecular complexity index is 285. The van der Waals surface area contributed by atoms with E-state index < -0.39 is 12.6 Å². The first-order valence-corrected chi connectivity index (χ1v) is 4.06. The highest BCUT2D eigenvalue weighted by atomic mass is 79.9. The van der Waals surface area contributed by atoms with E-state index in [0.29, 0.717) is 5.75 Å². The molecule has 0 amide bonds. The number of ether oxygens (including phenoxy) is 1. The van der Waals surface area contributed by atoms with Gasteiger partial charge in [0.2, 0.25) is 0 Å². The first-order valence-electron chi connectivity index (χ1n) is 3.26. The van der Waals surface area contributed by atoms with Gasteiger partial charge in [0.05, 0.1) is 5.97 Å². The number of benzene rings is 1. The minimum atomic E-state index is -1.23. The fraction of sp³-hybridized carbons (Fsp3) is 0.125. The number of hydrogen-bond donors (Lipinski definition) is 0. The van der Waals surface area contributed by atoms with Gasteiger partial charge >= 0.3 is 0 Å². The highest BCUT2D eigenvalue weighted by Crippen LogP contribution is 2.17. The summed E-state index contributed by atoms with van der Waals surface area (Å²) in [6.07, 6.45) is 0. The van der Waals surface area contributed by atoms with Crippen LogP contribution in [0.1, 0.15) is 0 Å². The molecule has 1 aromatic carbocycles. The summed E-state index contributed by atoms with van der Waals surface area (Å²) in [5, 5.41) is 10.0. The third kappa shape index (κ3) is 2.92. The molecule has 0 radical (unpaired) electrons. The summed E-state index contributed by atoms with van der Waals surface area (Å²) < 4.78 is 5.70. The first kappa shape index (κ1) is 9.06. The maximum atomic E-state index is 10.0. The van der Waals surface area contributed by atoms with Crippen LogP contribution < -0.4 is 9.84 Å². The van der Waals surface area contributed by atoms with Crippen LogP contribution in [0.25, 0.3) is 0 Å².